The highest BCUT2D eigenvalue weighted by Gasteiger charge is 2.20. The lowest BCUT2D eigenvalue weighted by molar-refractivity contribution is -0.142. The van der Waals surface area contributed by atoms with Gasteiger partial charge in [-0.1, -0.05) is 6.92 Å². The van der Waals surface area contributed by atoms with E-state index in [1.807, 2.05) is 6.92 Å². The summed E-state index contributed by atoms with van der Waals surface area (Å²) in [5.74, 6) is -1.69. The molecular weight excluding hydrogens is 228 g/mol. The van der Waals surface area contributed by atoms with Crippen LogP contribution >= 0.6 is 0 Å². The number of amides is 2. The number of rotatable bonds is 7. The molecule has 0 aliphatic carbocycles. The smallest absolute Gasteiger partial charge is 0.326 e. The second-order valence-corrected chi connectivity index (χ2v) is 3.41. The standard InChI is InChI=1S/C10H18N2O5/c1-3-6-11-10(16)12-7(9(14)15)4-5-8(13)17-2/h7H,3-6H2,1-2H3,(H,14,15)(H2,11,12,16). The number of ether oxygens (including phenoxy) is 1. The van der Waals surface area contributed by atoms with E-state index in [-0.39, 0.29) is 12.8 Å². The predicted octanol–water partition coefficient (Wildman–Crippen LogP) is 0.102. The molecule has 0 aromatic carbocycles. The maximum atomic E-state index is 11.2. The minimum absolute atomic E-state index is 0.00154. The van der Waals surface area contributed by atoms with Crippen LogP contribution in [0.1, 0.15) is 26.2 Å². The molecule has 7 heteroatoms. The van der Waals surface area contributed by atoms with E-state index in [4.69, 9.17) is 5.11 Å². The van der Waals surface area contributed by atoms with E-state index in [1.165, 1.54) is 7.11 Å². The van der Waals surface area contributed by atoms with Gasteiger partial charge in [0, 0.05) is 13.0 Å². The number of carboxylic acids is 1. The Bertz CT molecular complexity index is 280. The maximum Gasteiger partial charge on any atom is 0.326 e. The number of aliphatic carboxylic acids is 1. The van der Waals surface area contributed by atoms with E-state index < -0.39 is 24.0 Å². The van der Waals surface area contributed by atoms with Crippen molar-refractivity contribution in [3.05, 3.63) is 0 Å². The number of hydrogen-bond donors (Lipinski definition) is 3. The van der Waals surface area contributed by atoms with E-state index >= 15 is 0 Å². The van der Waals surface area contributed by atoms with Crippen molar-refractivity contribution in [2.24, 2.45) is 0 Å². The fraction of sp³-hybridized carbons (Fsp3) is 0.700. The largest absolute Gasteiger partial charge is 0.480 e. The Hall–Kier alpha value is -1.79. The molecule has 0 radical (unpaired) electrons. The molecule has 3 N–H and O–H groups in total. The number of carbonyl (C=O) groups is 3. The Kier molecular flexibility index (Phi) is 7.49. The molecule has 7 nitrogen and oxygen atoms in total. The van der Waals surface area contributed by atoms with E-state index in [1.54, 1.807) is 0 Å². The monoisotopic (exact) mass is 246 g/mol. The first kappa shape index (κ1) is 15.2. The van der Waals surface area contributed by atoms with Crippen molar-refractivity contribution in [3.8, 4) is 0 Å². The molecule has 0 saturated heterocycles. The molecule has 0 aliphatic rings. The topological polar surface area (TPSA) is 105 Å². The summed E-state index contributed by atoms with van der Waals surface area (Å²) in [7, 11) is 1.22. The van der Waals surface area contributed by atoms with Crippen LogP contribution < -0.4 is 10.6 Å². The van der Waals surface area contributed by atoms with Crippen LogP contribution in [0.5, 0.6) is 0 Å². The average Bonchev–Trinajstić information content (AvgIpc) is 2.30. The Balaban J connectivity index is 4.10. The number of urea groups is 1. The predicted molar refractivity (Wildman–Crippen MR) is 59.5 cm³/mol. The van der Waals surface area contributed by atoms with E-state index in [9.17, 15) is 14.4 Å². The van der Waals surface area contributed by atoms with Gasteiger partial charge in [0.1, 0.15) is 6.04 Å². The van der Waals surface area contributed by atoms with Gasteiger partial charge in [-0.2, -0.15) is 0 Å². The molecule has 0 saturated carbocycles. The normalized spacial score (nSPS) is 11.4. The van der Waals surface area contributed by atoms with Gasteiger partial charge in [0.15, 0.2) is 0 Å². The number of methoxy groups -OCH3 is 1. The number of hydrogen-bond acceptors (Lipinski definition) is 4. The molecule has 0 aromatic rings. The zero-order chi connectivity index (χ0) is 13.3. The van der Waals surface area contributed by atoms with Crippen molar-refractivity contribution < 1.29 is 24.2 Å². The first-order valence-electron chi connectivity index (χ1n) is 5.35. The van der Waals surface area contributed by atoms with E-state index in [2.05, 4.69) is 15.4 Å². The van der Waals surface area contributed by atoms with Gasteiger partial charge in [-0.3, -0.25) is 4.79 Å². The second-order valence-electron chi connectivity index (χ2n) is 3.41. The fourth-order valence-electron chi connectivity index (χ4n) is 1.07. The van der Waals surface area contributed by atoms with Crippen LogP contribution in [-0.2, 0) is 14.3 Å². The Labute approximate surface area is 99.5 Å². The molecular formula is C10H18N2O5. The quantitative estimate of drug-likeness (QED) is 0.553. The highest BCUT2D eigenvalue weighted by atomic mass is 16.5. The number of carbonyl (C=O) groups excluding carboxylic acids is 2. The van der Waals surface area contributed by atoms with Gasteiger partial charge in [-0.15, -0.1) is 0 Å². The van der Waals surface area contributed by atoms with Crippen molar-refractivity contribution in [3.63, 3.8) is 0 Å². The summed E-state index contributed by atoms with van der Waals surface area (Å²) in [6.45, 7) is 2.35. The zero-order valence-corrected chi connectivity index (χ0v) is 9.99. The SMILES string of the molecule is CCCNC(=O)NC(CCC(=O)OC)C(=O)O. The minimum atomic E-state index is -1.18. The van der Waals surface area contributed by atoms with Gasteiger partial charge in [0.05, 0.1) is 7.11 Å². The first-order valence-corrected chi connectivity index (χ1v) is 5.35. The third kappa shape index (κ3) is 7.15. The molecule has 0 aromatic heterocycles. The van der Waals surface area contributed by atoms with Crippen molar-refractivity contribution in [1.82, 2.24) is 10.6 Å². The van der Waals surface area contributed by atoms with Gasteiger partial charge in [0.2, 0.25) is 0 Å². The molecule has 2 amide bonds. The molecule has 17 heavy (non-hydrogen) atoms. The molecule has 0 bridgehead atoms. The van der Waals surface area contributed by atoms with E-state index in [0.717, 1.165) is 6.42 Å². The Morgan fingerprint density at radius 2 is 2.00 bits per heavy atom. The van der Waals surface area contributed by atoms with Crippen LogP contribution in [0.2, 0.25) is 0 Å². The third-order valence-electron chi connectivity index (χ3n) is 2.00. The van der Waals surface area contributed by atoms with Crippen molar-refractivity contribution in [1.29, 1.82) is 0 Å². The lowest BCUT2D eigenvalue weighted by Crippen LogP contribution is -2.46. The van der Waals surface area contributed by atoms with Gasteiger partial charge >= 0.3 is 18.0 Å². The van der Waals surface area contributed by atoms with E-state index in [0.29, 0.717) is 6.54 Å². The Morgan fingerprint density at radius 3 is 2.47 bits per heavy atom. The van der Waals surface area contributed by atoms with Crippen molar-refractivity contribution in [2.45, 2.75) is 32.2 Å². The van der Waals surface area contributed by atoms with Gasteiger partial charge in [-0.05, 0) is 12.8 Å². The van der Waals surface area contributed by atoms with Crippen LogP contribution in [0, 0.1) is 0 Å². The summed E-state index contributed by atoms with van der Waals surface area (Å²) in [4.78, 5) is 32.9. The lowest BCUT2D eigenvalue weighted by atomic mass is 10.1. The molecule has 1 atom stereocenters. The molecule has 1 unspecified atom stereocenters. The molecule has 0 aliphatic heterocycles. The molecule has 98 valence electrons. The van der Waals surface area contributed by atoms with Crippen molar-refractivity contribution in [2.75, 3.05) is 13.7 Å². The van der Waals surface area contributed by atoms with Crippen LogP contribution in [0.3, 0.4) is 0 Å². The fourth-order valence-corrected chi connectivity index (χ4v) is 1.07. The highest BCUT2D eigenvalue weighted by Crippen LogP contribution is 1.99. The molecule has 0 rings (SSSR count). The maximum absolute atomic E-state index is 11.2. The Morgan fingerprint density at radius 1 is 1.35 bits per heavy atom. The number of nitrogens with one attached hydrogen (secondary N) is 2. The summed E-state index contributed by atoms with van der Waals surface area (Å²) in [5.41, 5.74) is 0. The van der Waals surface area contributed by atoms with Gasteiger partial charge < -0.3 is 20.5 Å². The van der Waals surface area contributed by atoms with Crippen molar-refractivity contribution >= 4 is 18.0 Å². The summed E-state index contributed by atoms with van der Waals surface area (Å²) >= 11 is 0. The lowest BCUT2D eigenvalue weighted by Gasteiger charge is -2.14. The number of carboxylic acid groups (broad SMARTS) is 1. The highest BCUT2D eigenvalue weighted by molar-refractivity contribution is 5.83. The summed E-state index contributed by atoms with van der Waals surface area (Å²) in [6, 6.07) is -1.64. The first-order chi connectivity index (χ1) is 8.01. The second kappa shape index (κ2) is 8.37. The van der Waals surface area contributed by atoms with Crippen LogP contribution in [0.15, 0.2) is 0 Å². The minimum Gasteiger partial charge on any atom is -0.480 e. The molecule has 0 heterocycles. The summed E-state index contributed by atoms with van der Waals surface area (Å²) in [5, 5.41) is 13.6. The molecule has 0 fully saturated rings. The number of esters is 1. The zero-order valence-electron chi connectivity index (χ0n) is 9.99. The van der Waals surface area contributed by atoms with Crippen LogP contribution in [0.4, 0.5) is 4.79 Å². The van der Waals surface area contributed by atoms with Crippen LogP contribution in [0.25, 0.3) is 0 Å². The van der Waals surface area contributed by atoms with Gasteiger partial charge in [0.25, 0.3) is 0 Å². The third-order valence-corrected chi connectivity index (χ3v) is 2.00. The van der Waals surface area contributed by atoms with Gasteiger partial charge in [-0.25, -0.2) is 9.59 Å². The van der Waals surface area contributed by atoms with Crippen LogP contribution in [-0.4, -0.2) is 42.8 Å². The summed E-state index contributed by atoms with van der Waals surface area (Å²) in [6.07, 6.45) is 0.705. The summed E-state index contributed by atoms with van der Waals surface area (Å²) < 4.78 is 4.39. The molecule has 0 spiro atoms. The average molecular weight is 246 g/mol.